The van der Waals surface area contributed by atoms with E-state index < -0.39 is 18.3 Å². The van der Waals surface area contributed by atoms with E-state index in [1.165, 1.54) is 36.0 Å². The quantitative estimate of drug-likeness (QED) is 0.0438. The second-order valence-electron chi connectivity index (χ2n) is 18.9. The van der Waals surface area contributed by atoms with Crippen molar-refractivity contribution >= 4 is 33.4 Å². The third kappa shape index (κ3) is 11.6. The normalized spacial score (nSPS) is 29.0. The van der Waals surface area contributed by atoms with E-state index in [2.05, 4.69) is 41.7 Å². The van der Waals surface area contributed by atoms with E-state index in [-0.39, 0.29) is 37.0 Å². The summed E-state index contributed by atoms with van der Waals surface area (Å²) >= 11 is 0. The van der Waals surface area contributed by atoms with Gasteiger partial charge in [0.15, 0.2) is 29.4 Å². The Morgan fingerprint density at radius 2 is 1.97 bits per heavy atom. The lowest BCUT2D eigenvalue weighted by Crippen LogP contribution is -2.35. The Labute approximate surface area is 382 Å². The van der Waals surface area contributed by atoms with Gasteiger partial charge in [-0.15, -0.1) is 4.99 Å². The predicted octanol–water partition coefficient (Wildman–Crippen LogP) is 8.18. The number of aliphatic imine (C=N–C) groups is 1. The molecule has 63 heavy (non-hydrogen) atoms. The molecule has 10 unspecified atom stereocenters. The Kier molecular flexibility index (Phi) is 16.3. The first-order valence-electron chi connectivity index (χ1n) is 23.6. The summed E-state index contributed by atoms with van der Waals surface area (Å²) in [7, 11) is 3.80. The van der Waals surface area contributed by atoms with Gasteiger partial charge in [0.05, 0.1) is 24.2 Å². The van der Waals surface area contributed by atoms with E-state index in [0.29, 0.717) is 54.8 Å². The van der Waals surface area contributed by atoms with E-state index in [1.807, 2.05) is 39.8 Å². The molecule has 10 atom stereocenters. The van der Waals surface area contributed by atoms with E-state index >= 15 is 0 Å². The van der Waals surface area contributed by atoms with Crippen molar-refractivity contribution in [2.75, 3.05) is 32.1 Å². The van der Waals surface area contributed by atoms with E-state index in [4.69, 9.17) is 20.2 Å². The predicted molar refractivity (Wildman–Crippen MR) is 255 cm³/mol. The van der Waals surface area contributed by atoms with Crippen LogP contribution in [0.15, 0.2) is 70.8 Å². The number of phenolic OH excluding ortho intramolecular Hbond substituents is 1. The fourth-order valence-electron chi connectivity index (χ4n) is 10.9. The summed E-state index contributed by atoms with van der Waals surface area (Å²) in [5.41, 5.74) is 14.6. The van der Waals surface area contributed by atoms with Crippen molar-refractivity contribution in [3.63, 3.8) is 0 Å². The molecule has 12 heteroatoms. The minimum atomic E-state index is -0.940. The first-order valence-corrected chi connectivity index (χ1v) is 26.1. The highest BCUT2D eigenvalue weighted by Crippen LogP contribution is 2.48. The molecule has 3 aliphatic carbocycles. The molecule has 4 heterocycles. The molecule has 0 aromatic heterocycles. The topological polar surface area (TPSA) is 170 Å². The molecule has 0 spiro atoms. The van der Waals surface area contributed by atoms with Gasteiger partial charge in [-0.3, -0.25) is 0 Å². The van der Waals surface area contributed by atoms with Gasteiger partial charge >= 0.3 is 0 Å². The zero-order chi connectivity index (χ0) is 43.9. The smallest absolute Gasteiger partial charge is 0.189 e. The standard InChI is InChI=1S/C51H69N3O7S2/c1-31(56)25-53-26-43-39-10-5-8-33(39)16-19-45-42(43)24-46(54-45)48(58)28-60-50-21-32(14-20-47(50)57)13-17-38-22-37(27-55)49(61-38)12-4-2-3-7-36-30-63-62-29-35-9-6-11-41-40(35)18-15-34(51(41)59)23-44(36)52/h6,9,11,14-15,18,20-22,24,31,33-34,36,39,43-44,48-49,51,53,55-59H,2-5,7-8,10,12-13,16-17,19,23,25-30,52H2,1H3. The number of benzene rings is 2. The summed E-state index contributed by atoms with van der Waals surface area (Å²) in [5.74, 6) is 4.27. The van der Waals surface area contributed by atoms with E-state index in [9.17, 15) is 25.5 Å². The van der Waals surface area contributed by atoms with Crippen LogP contribution in [-0.4, -0.2) is 87.7 Å². The van der Waals surface area contributed by atoms with Crippen LogP contribution in [0.4, 0.5) is 0 Å². The third-order valence-electron chi connectivity index (χ3n) is 14.5. The van der Waals surface area contributed by atoms with Gasteiger partial charge in [0.25, 0.3) is 0 Å². The number of ether oxygens (including phenoxy) is 2. The average molecular weight is 900 g/mol. The van der Waals surface area contributed by atoms with Crippen LogP contribution in [0.5, 0.6) is 11.5 Å². The molecule has 4 bridgehead atoms. The Balaban J connectivity index is 0.776. The SMILES string of the molecule is CC(O)CNCC1C2=C[C+](C(O)COc3cc(CC[C-]4C=C(CO)C(CCCCCC5CSSCc6cccc7c6C=CC(CC5N)C7O)O4)ccc3O)N=C2CCC2CCCC21. The highest BCUT2D eigenvalue weighted by atomic mass is 33.1. The number of hydrogen-bond acceptors (Lipinski definition) is 12. The molecule has 10 nitrogen and oxygen atoms in total. The molecule has 8 N–H and O–H groups in total. The van der Waals surface area contributed by atoms with Crippen molar-refractivity contribution < 1.29 is 35.0 Å². The van der Waals surface area contributed by atoms with Gasteiger partial charge in [-0.2, -0.15) is 11.6 Å². The van der Waals surface area contributed by atoms with Crippen LogP contribution in [0.25, 0.3) is 6.08 Å². The van der Waals surface area contributed by atoms with Crippen LogP contribution in [0.1, 0.15) is 112 Å². The van der Waals surface area contributed by atoms with Crippen LogP contribution in [0, 0.1) is 41.7 Å². The van der Waals surface area contributed by atoms with Crippen LogP contribution in [0.3, 0.4) is 0 Å². The summed E-state index contributed by atoms with van der Waals surface area (Å²) < 4.78 is 12.4. The van der Waals surface area contributed by atoms with Crippen molar-refractivity contribution in [2.45, 2.75) is 127 Å². The van der Waals surface area contributed by atoms with Gasteiger partial charge in [-0.25, -0.2) is 0 Å². The molecule has 9 rings (SSSR count). The molecule has 0 radical (unpaired) electrons. The number of aliphatic hydroxyl groups excluding tert-OH is 4. The van der Waals surface area contributed by atoms with Gasteiger partial charge in [0, 0.05) is 55.7 Å². The number of aliphatic hydroxyl groups is 4. The number of aryl methyl sites for hydroxylation is 1. The highest BCUT2D eigenvalue weighted by molar-refractivity contribution is 8.76. The van der Waals surface area contributed by atoms with Crippen LogP contribution < -0.4 is 15.8 Å². The molecule has 0 amide bonds. The maximum absolute atomic E-state index is 11.3. The summed E-state index contributed by atoms with van der Waals surface area (Å²) in [6, 6.07) is 12.3. The number of hydrogen-bond donors (Lipinski definition) is 7. The number of phenols is 1. The van der Waals surface area contributed by atoms with Crippen molar-refractivity contribution in [3.05, 3.63) is 100 Å². The highest BCUT2D eigenvalue weighted by Gasteiger charge is 2.47. The number of nitrogens with one attached hydrogen (secondary N) is 1. The lowest BCUT2D eigenvalue weighted by Gasteiger charge is -2.32. The molecular weight excluding hydrogens is 831 g/mol. The number of unbranched alkanes of at least 4 members (excludes halogenated alkanes) is 2. The van der Waals surface area contributed by atoms with E-state index in [0.717, 1.165) is 97.9 Å². The molecular formula is C51H69N3O7S2. The fraction of sp³-hybridized carbons (Fsp3) is 0.588. The third-order valence-corrected chi connectivity index (χ3v) is 16.9. The Bertz CT molecular complexity index is 1970. The minimum absolute atomic E-state index is 0.0192. The van der Waals surface area contributed by atoms with Crippen molar-refractivity contribution in [1.29, 1.82) is 0 Å². The first kappa shape index (κ1) is 46.6. The number of rotatable bonds is 18. The maximum Gasteiger partial charge on any atom is 0.189 e. The van der Waals surface area contributed by atoms with Crippen LogP contribution in [-0.2, 0) is 16.9 Å². The molecule has 342 valence electrons. The maximum atomic E-state index is 11.3. The van der Waals surface area contributed by atoms with Crippen molar-refractivity contribution in [2.24, 2.45) is 40.3 Å². The number of nitrogens with two attached hydrogens (primary N) is 1. The lowest BCUT2D eigenvalue weighted by molar-refractivity contribution is 0.102. The van der Waals surface area contributed by atoms with Crippen LogP contribution in [0.2, 0.25) is 0 Å². The van der Waals surface area contributed by atoms with Crippen molar-refractivity contribution in [3.8, 4) is 11.5 Å². The lowest BCUT2D eigenvalue weighted by atomic mass is 9.79. The minimum Gasteiger partial charge on any atom is -0.504 e. The van der Waals surface area contributed by atoms with Gasteiger partial charge in [0.2, 0.25) is 0 Å². The average Bonchev–Trinajstić information content (AvgIpc) is 4.02. The summed E-state index contributed by atoms with van der Waals surface area (Å²) in [5, 5.41) is 56.8. The molecule has 7 aliphatic rings. The zero-order valence-electron chi connectivity index (χ0n) is 36.9. The van der Waals surface area contributed by atoms with Gasteiger partial charge in [-0.05, 0) is 97.6 Å². The summed E-state index contributed by atoms with van der Waals surface area (Å²) in [6.45, 7) is 3.08. The second-order valence-corrected chi connectivity index (χ2v) is 21.4. The largest absolute Gasteiger partial charge is 0.504 e. The van der Waals surface area contributed by atoms with Gasteiger partial charge in [-0.1, -0.05) is 103 Å². The molecule has 0 saturated heterocycles. The molecule has 2 saturated carbocycles. The monoisotopic (exact) mass is 899 g/mol. The Morgan fingerprint density at radius 1 is 1.10 bits per heavy atom. The van der Waals surface area contributed by atoms with E-state index in [1.54, 1.807) is 13.0 Å². The first-order chi connectivity index (χ1) is 30.6. The van der Waals surface area contributed by atoms with Gasteiger partial charge < -0.3 is 46.1 Å². The molecule has 2 fully saturated rings. The van der Waals surface area contributed by atoms with Gasteiger partial charge in [0.1, 0.15) is 12.2 Å². The van der Waals surface area contributed by atoms with Crippen LogP contribution >= 0.6 is 21.6 Å². The molecule has 2 aromatic rings. The van der Waals surface area contributed by atoms with Crippen molar-refractivity contribution in [1.82, 2.24) is 5.32 Å². The number of fused-ring (bicyclic) bond motifs is 8. The molecule has 4 aliphatic heterocycles. The Hall–Kier alpha value is -2.91. The zero-order valence-corrected chi connectivity index (χ0v) is 38.5. The Morgan fingerprint density at radius 3 is 2.83 bits per heavy atom. The fourth-order valence-corrected chi connectivity index (χ4v) is 13.5. The second kappa shape index (κ2) is 22.1. The molecule has 2 aromatic carbocycles. The number of aromatic hydroxyl groups is 1. The summed E-state index contributed by atoms with van der Waals surface area (Å²) in [6.07, 6.45) is 20.2. The summed E-state index contributed by atoms with van der Waals surface area (Å²) in [4.78, 5) is 4.93. The number of nitrogens with zero attached hydrogens (tertiary/aromatic N) is 1.